The molecule has 0 unspecified atom stereocenters. The Morgan fingerprint density at radius 3 is 2.00 bits per heavy atom. The summed E-state index contributed by atoms with van der Waals surface area (Å²) in [6, 6.07) is 10.2. The van der Waals surface area contributed by atoms with Gasteiger partial charge in [0.15, 0.2) is 0 Å². The summed E-state index contributed by atoms with van der Waals surface area (Å²) >= 11 is 0. The highest BCUT2D eigenvalue weighted by atomic mass is 14.7. The molecule has 0 aliphatic rings. The van der Waals surface area contributed by atoms with E-state index in [2.05, 4.69) is 22.1 Å². The van der Waals surface area contributed by atoms with Gasteiger partial charge in [-0.2, -0.15) is 0 Å². The van der Waals surface area contributed by atoms with Gasteiger partial charge >= 0.3 is 0 Å². The molecular formula is C11H14N2. The lowest BCUT2D eigenvalue weighted by Crippen LogP contribution is -2.01. The third kappa shape index (κ3) is 2.82. The summed E-state index contributed by atoms with van der Waals surface area (Å²) in [6.07, 6.45) is 3.78. The average molecular weight is 174 g/mol. The topological polar surface area (TPSA) is 24.7 Å². The summed E-state index contributed by atoms with van der Waals surface area (Å²) in [5.41, 5.74) is 1.22. The standard InChI is InChI=1S/C11H14N2/c1-12-8-11(9-13-2)10-6-4-3-5-7-10/h3-9,11H,1-2H3/b12-8+,13-9+. The summed E-state index contributed by atoms with van der Waals surface area (Å²) < 4.78 is 0. The van der Waals surface area contributed by atoms with Gasteiger partial charge in [-0.3, -0.25) is 9.98 Å². The molecule has 0 N–H and O–H groups in total. The molecule has 0 fully saturated rings. The minimum atomic E-state index is 0.205. The van der Waals surface area contributed by atoms with Crippen molar-refractivity contribution in [2.75, 3.05) is 14.1 Å². The van der Waals surface area contributed by atoms with Crippen molar-refractivity contribution in [2.45, 2.75) is 5.92 Å². The quantitative estimate of drug-likeness (QED) is 0.627. The molecule has 0 heterocycles. The van der Waals surface area contributed by atoms with Gasteiger partial charge in [0.2, 0.25) is 0 Å². The van der Waals surface area contributed by atoms with Crippen LogP contribution in [0.4, 0.5) is 0 Å². The fourth-order valence-corrected chi connectivity index (χ4v) is 1.21. The first kappa shape index (κ1) is 9.65. The maximum absolute atomic E-state index is 4.01. The number of aliphatic imine (C=N–C) groups is 2. The van der Waals surface area contributed by atoms with Crippen LogP contribution in [0.25, 0.3) is 0 Å². The maximum Gasteiger partial charge on any atom is 0.0537 e. The van der Waals surface area contributed by atoms with Crippen LogP contribution in [0.15, 0.2) is 40.3 Å². The van der Waals surface area contributed by atoms with Crippen molar-refractivity contribution in [1.82, 2.24) is 0 Å². The van der Waals surface area contributed by atoms with Gasteiger partial charge in [-0.05, 0) is 5.56 Å². The fourth-order valence-electron chi connectivity index (χ4n) is 1.21. The molecule has 1 aromatic rings. The Morgan fingerprint density at radius 2 is 1.54 bits per heavy atom. The number of benzene rings is 1. The van der Waals surface area contributed by atoms with Crippen LogP contribution in [0, 0.1) is 0 Å². The van der Waals surface area contributed by atoms with Gasteiger partial charge in [-0.15, -0.1) is 0 Å². The van der Waals surface area contributed by atoms with Crippen LogP contribution in [0.5, 0.6) is 0 Å². The first-order valence-electron chi connectivity index (χ1n) is 4.28. The van der Waals surface area contributed by atoms with Gasteiger partial charge in [0.1, 0.15) is 0 Å². The highest BCUT2D eigenvalue weighted by molar-refractivity contribution is 5.90. The Hall–Kier alpha value is -1.44. The number of nitrogens with zero attached hydrogens (tertiary/aromatic N) is 2. The second kappa shape index (κ2) is 5.25. The average Bonchev–Trinajstić information content (AvgIpc) is 2.19. The van der Waals surface area contributed by atoms with E-state index in [-0.39, 0.29) is 5.92 Å². The SMILES string of the molecule is C/N=C/C(/C=N/C)c1ccccc1. The normalized spacial score (nSPS) is 11.9. The first-order valence-corrected chi connectivity index (χ1v) is 4.28. The zero-order valence-electron chi connectivity index (χ0n) is 8.01. The Kier molecular flexibility index (Phi) is 3.89. The Bertz CT molecular complexity index is 276. The van der Waals surface area contributed by atoms with Gasteiger partial charge in [-0.1, -0.05) is 30.3 Å². The van der Waals surface area contributed by atoms with E-state index in [1.165, 1.54) is 5.56 Å². The van der Waals surface area contributed by atoms with Crippen LogP contribution in [-0.4, -0.2) is 26.5 Å². The summed E-state index contributed by atoms with van der Waals surface area (Å²) in [5.74, 6) is 0.205. The van der Waals surface area contributed by atoms with Crippen molar-refractivity contribution in [3.8, 4) is 0 Å². The molecule has 2 heteroatoms. The molecule has 0 atom stereocenters. The molecule has 0 saturated heterocycles. The number of rotatable bonds is 3. The second-order valence-corrected chi connectivity index (χ2v) is 2.75. The van der Waals surface area contributed by atoms with E-state index in [9.17, 15) is 0 Å². The van der Waals surface area contributed by atoms with Crippen molar-refractivity contribution in [3.05, 3.63) is 35.9 Å². The number of hydrogen-bond donors (Lipinski definition) is 0. The van der Waals surface area contributed by atoms with Gasteiger partial charge in [-0.25, -0.2) is 0 Å². The Morgan fingerprint density at radius 1 is 1.00 bits per heavy atom. The lowest BCUT2D eigenvalue weighted by Gasteiger charge is -2.05. The van der Waals surface area contributed by atoms with Crippen LogP contribution in [-0.2, 0) is 0 Å². The predicted octanol–water partition coefficient (Wildman–Crippen LogP) is 2.17. The molecule has 1 rings (SSSR count). The monoisotopic (exact) mass is 174 g/mol. The van der Waals surface area contributed by atoms with Crippen molar-refractivity contribution >= 4 is 12.4 Å². The van der Waals surface area contributed by atoms with Gasteiger partial charge < -0.3 is 0 Å². The van der Waals surface area contributed by atoms with E-state index in [0.29, 0.717) is 0 Å². The largest absolute Gasteiger partial charge is 0.300 e. The van der Waals surface area contributed by atoms with E-state index in [0.717, 1.165) is 0 Å². The lowest BCUT2D eigenvalue weighted by atomic mass is 10.0. The van der Waals surface area contributed by atoms with E-state index in [1.54, 1.807) is 14.1 Å². The van der Waals surface area contributed by atoms with Crippen molar-refractivity contribution < 1.29 is 0 Å². The van der Waals surface area contributed by atoms with E-state index >= 15 is 0 Å². The third-order valence-corrected chi connectivity index (χ3v) is 1.80. The molecule has 13 heavy (non-hydrogen) atoms. The molecule has 0 bridgehead atoms. The van der Waals surface area contributed by atoms with Gasteiger partial charge in [0.05, 0.1) is 5.92 Å². The maximum atomic E-state index is 4.01. The molecule has 0 radical (unpaired) electrons. The summed E-state index contributed by atoms with van der Waals surface area (Å²) in [7, 11) is 3.55. The molecule has 0 saturated carbocycles. The van der Waals surface area contributed by atoms with Crippen molar-refractivity contribution in [3.63, 3.8) is 0 Å². The van der Waals surface area contributed by atoms with E-state index < -0.39 is 0 Å². The zero-order chi connectivity index (χ0) is 9.52. The lowest BCUT2D eigenvalue weighted by molar-refractivity contribution is 1.22. The first-order chi connectivity index (χ1) is 6.38. The summed E-state index contributed by atoms with van der Waals surface area (Å²) in [6.45, 7) is 0. The minimum absolute atomic E-state index is 0.205. The van der Waals surface area contributed by atoms with Crippen LogP contribution in [0.3, 0.4) is 0 Å². The Labute approximate surface area is 79.0 Å². The minimum Gasteiger partial charge on any atom is -0.300 e. The molecule has 1 aromatic carbocycles. The van der Waals surface area contributed by atoms with Crippen LogP contribution < -0.4 is 0 Å². The highest BCUT2D eigenvalue weighted by Gasteiger charge is 2.03. The summed E-state index contributed by atoms with van der Waals surface area (Å²) in [4.78, 5) is 8.03. The molecule has 2 nitrogen and oxygen atoms in total. The highest BCUT2D eigenvalue weighted by Crippen LogP contribution is 2.10. The van der Waals surface area contributed by atoms with E-state index in [1.807, 2.05) is 30.6 Å². The molecule has 68 valence electrons. The van der Waals surface area contributed by atoms with Crippen LogP contribution in [0.2, 0.25) is 0 Å². The molecule has 0 aromatic heterocycles. The van der Waals surface area contributed by atoms with Gasteiger partial charge in [0.25, 0.3) is 0 Å². The molecule has 0 aliphatic heterocycles. The van der Waals surface area contributed by atoms with Crippen molar-refractivity contribution in [2.24, 2.45) is 9.98 Å². The smallest absolute Gasteiger partial charge is 0.0537 e. The molecule has 0 amide bonds. The van der Waals surface area contributed by atoms with Crippen molar-refractivity contribution in [1.29, 1.82) is 0 Å². The predicted molar refractivity (Wildman–Crippen MR) is 58.0 cm³/mol. The number of hydrogen-bond acceptors (Lipinski definition) is 2. The van der Waals surface area contributed by atoms with Crippen LogP contribution >= 0.6 is 0 Å². The molecule has 0 spiro atoms. The molecule has 0 aliphatic carbocycles. The van der Waals surface area contributed by atoms with Gasteiger partial charge in [0, 0.05) is 26.5 Å². The zero-order valence-corrected chi connectivity index (χ0v) is 8.01. The second-order valence-electron chi connectivity index (χ2n) is 2.75. The third-order valence-electron chi connectivity index (χ3n) is 1.80. The fraction of sp³-hybridized carbons (Fsp3) is 0.273. The van der Waals surface area contributed by atoms with E-state index in [4.69, 9.17) is 0 Å². The molecular weight excluding hydrogens is 160 g/mol. The summed E-state index contributed by atoms with van der Waals surface area (Å²) in [5, 5.41) is 0. The Balaban J connectivity index is 2.88. The van der Waals surface area contributed by atoms with Crippen LogP contribution in [0.1, 0.15) is 11.5 Å².